The lowest BCUT2D eigenvalue weighted by Crippen LogP contribution is -2.20. The van der Waals surface area contributed by atoms with Crippen molar-refractivity contribution in [1.29, 1.82) is 0 Å². The van der Waals surface area contributed by atoms with Crippen molar-refractivity contribution in [2.24, 2.45) is 0 Å². The van der Waals surface area contributed by atoms with E-state index in [0.29, 0.717) is 23.8 Å². The molecule has 1 N–H and O–H groups in total. The summed E-state index contributed by atoms with van der Waals surface area (Å²) in [5, 5.41) is 11.6. The number of anilines is 1. The zero-order chi connectivity index (χ0) is 22.1. The molecule has 3 heterocycles. The summed E-state index contributed by atoms with van der Waals surface area (Å²) in [6.07, 6.45) is -0.866. The van der Waals surface area contributed by atoms with E-state index < -0.39 is 6.43 Å². The Bertz CT molecular complexity index is 1240. The van der Waals surface area contributed by atoms with Crippen LogP contribution in [0.15, 0.2) is 42.6 Å². The molecular weight excluding hydrogens is 402 g/mol. The zero-order valence-electron chi connectivity index (χ0n) is 17.4. The van der Waals surface area contributed by atoms with Crippen LogP contribution in [0.25, 0.3) is 11.0 Å². The molecule has 0 saturated heterocycles. The number of pyridine rings is 1. The number of carbonyl (C=O) groups is 1. The molecule has 0 aliphatic carbocycles. The van der Waals surface area contributed by atoms with Crippen molar-refractivity contribution in [2.45, 2.75) is 40.3 Å². The fourth-order valence-corrected chi connectivity index (χ4v) is 3.52. The number of alkyl halides is 2. The first kappa shape index (κ1) is 20.6. The molecule has 0 spiro atoms. The van der Waals surface area contributed by atoms with E-state index >= 15 is 0 Å². The highest BCUT2D eigenvalue weighted by atomic mass is 19.3. The predicted molar refractivity (Wildman–Crippen MR) is 113 cm³/mol. The molecule has 0 atom stereocenters. The number of aryl methyl sites for hydroxylation is 3. The third-order valence-electron chi connectivity index (χ3n) is 4.94. The molecule has 1 aromatic carbocycles. The van der Waals surface area contributed by atoms with E-state index in [4.69, 9.17) is 0 Å². The van der Waals surface area contributed by atoms with Gasteiger partial charge in [-0.25, -0.2) is 18.4 Å². The van der Waals surface area contributed by atoms with E-state index in [0.717, 1.165) is 5.56 Å². The van der Waals surface area contributed by atoms with Crippen LogP contribution in [0.3, 0.4) is 0 Å². The van der Waals surface area contributed by atoms with Crippen LogP contribution in [-0.2, 0) is 17.9 Å². The molecule has 9 heteroatoms. The lowest BCUT2D eigenvalue weighted by Gasteiger charge is -2.06. The second-order valence-corrected chi connectivity index (χ2v) is 7.53. The van der Waals surface area contributed by atoms with Crippen LogP contribution >= 0.6 is 0 Å². The van der Waals surface area contributed by atoms with E-state index in [1.165, 1.54) is 16.3 Å². The average Bonchev–Trinajstić information content (AvgIpc) is 3.27. The van der Waals surface area contributed by atoms with Gasteiger partial charge in [0.2, 0.25) is 5.91 Å². The van der Waals surface area contributed by atoms with Crippen LogP contribution in [-0.4, -0.2) is 30.5 Å². The molecule has 4 rings (SSSR count). The van der Waals surface area contributed by atoms with E-state index in [1.807, 2.05) is 31.2 Å². The molecule has 31 heavy (non-hydrogen) atoms. The molecular formula is C22H22F2N6O. The lowest BCUT2D eigenvalue weighted by atomic mass is 10.1. The van der Waals surface area contributed by atoms with E-state index in [1.54, 1.807) is 30.8 Å². The van der Waals surface area contributed by atoms with Crippen LogP contribution in [0, 0.1) is 20.8 Å². The van der Waals surface area contributed by atoms with Crippen molar-refractivity contribution < 1.29 is 13.6 Å². The smallest absolute Gasteiger partial charge is 0.264 e. The number of amides is 1. The van der Waals surface area contributed by atoms with Crippen molar-refractivity contribution in [3.63, 3.8) is 0 Å². The molecule has 0 aliphatic rings. The molecule has 0 unspecified atom stereocenters. The van der Waals surface area contributed by atoms with Gasteiger partial charge in [-0.3, -0.25) is 9.48 Å². The van der Waals surface area contributed by atoms with Crippen molar-refractivity contribution in [2.75, 3.05) is 5.32 Å². The molecule has 0 bridgehead atoms. The van der Waals surface area contributed by atoms with Gasteiger partial charge in [-0.1, -0.05) is 29.8 Å². The normalized spacial score (nSPS) is 11.4. The second kappa shape index (κ2) is 8.25. The number of rotatable bonds is 6. The molecule has 0 fully saturated rings. The highest BCUT2D eigenvalue weighted by Crippen LogP contribution is 2.29. The van der Waals surface area contributed by atoms with Gasteiger partial charge in [0.15, 0.2) is 11.5 Å². The topological polar surface area (TPSA) is 77.6 Å². The summed E-state index contributed by atoms with van der Waals surface area (Å²) in [4.78, 5) is 16.9. The predicted octanol–water partition coefficient (Wildman–Crippen LogP) is 4.18. The minimum Gasteiger partial charge on any atom is -0.308 e. The first-order chi connectivity index (χ1) is 14.8. The number of fused-ring (bicyclic) bond motifs is 1. The van der Waals surface area contributed by atoms with Gasteiger partial charge in [0, 0.05) is 23.5 Å². The van der Waals surface area contributed by atoms with Gasteiger partial charge in [-0.15, -0.1) is 0 Å². The van der Waals surface area contributed by atoms with Gasteiger partial charge in [-0.2, -0.15) is 10.2 Å². The van der Waals surface area contributed by atoms with E-state index in [-0.39, 0.29) is 29.0 Å². The monoisotopic (exact) mass is 424 g/mol. The number of hydrogen-bond donors (Lipinski definition) is 1. The summed E-state index contributed by atoms with van der Waals surface area (Å²) in [7, 11) is 0. The fourth-order valence-electron chi connectivity index (χ4n) is 3.52. The quantitative estimate of drug-likeness (QED) is 0.504. The number of nitrogens with one attached hydrogen (secondary N) is 1. The summed E-state index contributed by atoms with van der Waals surface area (Å²) >= 11 is 0. The number of hydrogen-bond acceptors (Lipinski definition) is 4. The van der Waals surface area contributed by atoms with Crippen LogP contribution in [0.5, 0.6) is 0 Å². The first-order valence-electron chi connectivity index (χ1n) is 9.82. The number of halogens is 2. The summed E-state index contributed by atoms with van der Waals surface area (Å²) in [5.41, 5.74) is 3.28. The number of nitrogens with zero attached hydrogens (tertiary/aromatic N) is 5. The van der Waals surface area contributed by atoms with Crippen molar-refractivity contribution in [3.05, 3.63) is 70.7 Å². The Kier molecular flexibility index (Phi) is 5.50. The van der Waals surface area contributed by atoms with Gasteiger partial charge in [0.05, 0.1) is 17.6 Å². The first-order valence-corrected chi connectivity index (χ1v) is 9.82. The zero-order valence-corrected chi connectivity index (χ0v) is 17.4. The highest BCUT2D eigenvalue weighted by Gasteiger charge is 2.20. The highest BCUT2D eigenvalue weighted by molar-refractivity contribution is 5.91. The molecule has 0 saturated carbocycles. The Morgan fingerprint density at radius 3 is 2.55 bits per heavy atom. The third kappa shape index (κ3) is 4.45. The third-order valence-corrected chi connectivity index (χ3v) is 4.94. The Hall–Kier alpha value is -3.62. The minimum absolute atomic E-state index is 0.124. The van der Waals surface area contributed by atoms with E-state index in [9.17, 15) is 13.6 Å². The van der Waals surface area contributed by atoms with Crippen LogP contribution in [0.2, 0.25) is 0 Å². The summed E-state index contributed by atoms with van der Waals surface area (Å²) in [6, 6.07) is 11.2. The van der Waals surface area contributed by atoms with Gasteiger partial charge >= 0.3 is 0 Å². The Labute approximate surface area is 177 Å². The van der Waals surface area contributed by atoms with E-state index in [2.05, 4.69) is 20.5 Å². The minimum atomic E-state index is -2.65. The fraction of sp³-hybridized carbons (Fsp3) is 0.273. The lowest BCUT2D eigenvalue weighted by molar-refractivity contribution is -0.116. The number of carbonyl (C=O) groups excluding carboxylic acids is 1. The Morgan fingerprint density at radius 2 is 1.84 bits per heavy atom. The molecule has 4 aromatic rings. The maximum atomic E-state index is 13.4. The molecule has 160 valence electrons. The van der Waals surface area contributed by atoms with Gasteiger partial charge in [0.25, 0.3) is 6.43 Å². The van der Waals surface area contributed by atoms with Crippen molar-refractivity contribution in [1.82, 2.24) is 24.5 Å². The number of benzene rings is 1. The molecule has 7 nitrogen and oxygen atoms in total. The average molecular weight is 424 g/mol. The number of aromatic nitrogens is 5. The van der Waals surface area contributed by atoms with Crippen molar-refractivity contribution in [3.8, 4) is 0 Å². The van der Waals surface area contributed by atoms with Gasteiger partial charge in [-0.05, 0) is 32.4 Å². The van der Waals surface area contributed by atoms with Crippen LogP contribution in [0.1, 0.15) is 34.5 Å². The van der Waals surface area contributed by atoms with Gasteiger partial charge in [0.1, 0.15) is 6.54 Å². The van der Waals surface area contributed by atoms with Crippen molar-refractivity contribution >= 4 is 22.8 Å². The summed E-state index contributed by atoms with van der Waals surface area (Å²) < 4.78 is 30.0. The van der Waals surface area contributed by atoms with Gasteiger partial charge < -0.3 is 5.32 Å². The largest absolute Gasteiger partial charge is 0.308 e. The van der Waals surface area contributed by atoms with Crippen LogP contribution < -0.4 is 5.32 Å². The molecule has 0 radical (unpaired) electrons. The summed E-state index contributed by atoms with van der Waals surface area (Å²) in [5.74, 6) is 0.0367. The second-order valence-electron chi connectivity index (χ2n) is 7.53. The molecule has 1 amide bonds. The standard InChI is InChI=1S/C22H22F2N6O/c1-13-4-6-16(7-5-13)11-29-9-8-18(28-29)26-19(31)12-30-22-20(15(3)27-30)17(21(23)24)10-14(2)25-22/h4-10,21H,11-12H2,1-3H3,(H,26,28,31). The Balaban J connectivity index is 1.49. The molecule has 0 aliphatic heterocycles. The van der Waals surface area contributed by atoms with Crippen LogP contribution in [0.4, 0.5) is 14.6 Å². The SMILES string of the molecule is Cc1ccc(Cn2ccc(NC(=O)Cn3nc(C)c4c(C(F)F)cc(C)nc43)n2)cc1. The molecule has 3 aromatic heterocycles. The maximum absolute atomic E-state index is 13.4. The maximum Gasteiger partial charge on any atom is 0.264 e. The summed E-state index contributed by atoms with van der Waals surface area (Å²) in [6.45, 7) is 5.72. The Morgan fingerprint density at radius 1 is 1.10 bits per heavy atom.